The molecule has 6 heterocycles. The molecule has 0 spiro atoms. The van der Waals surface area contributed by atoms with Crippen molar-refractivity contribution in [3.63, 3.8) is 0 Å². The highest BCUT2D eigenvalue weighted by molar-refractivity contribution is 7.03. The number of hydrogen-bond acceptors (Lipinski definition) is 9. The van der Waals surface area contributed by atoms with Crippen molar-refractivity contribution in [1.29, 1.82) is 0 Å². The number of hydrogen-bond donors (Lipinski definition) is 0. The van der Waals surface area contributed by atoms with E-state index in [1.54, 1.807) is 0 Å². The first kappa shape index (κ1) is 72.4. The van der Waals surface area contributed by atoms with E-state index in [4.69, 9.17) is 14.2 Å². The van der Waals surface area contributed by atoms with E-state index in [0.29, 0.717) is 0 Å². The van der Waals surface area contributed by atoms with Crippen LogP contribution in [-0.2, 0) is 0 Å². The molecule has 16 aromatic rings. The van der Waals surface area contributed by atoms with Crippen molar-refractivity contribution in [3.8, 4) is 34.5 Å². The number of nitrogens with zero attached hydrogens (tertiary/aromatic N) is 6. The van der Waals surface area contributed by atoms with Crippen LogP contribution in [0.15, 0.2) is 309 Å². The zero-order valence-electron chi connectivity index (χ0n) is 69.6. The van der Waals surface area contributed by atoms with Gasteiger partial charge in [-0.25, -0.2) is 0 Å². The smallest absolute Gasteiger partial charge is 0.256 e. The van der Waals surface area contributed by atoms with Crippen LogP contribution in [0, 0.1) is 83.1 Å². The Labute approximate surface area is 704 Å². The van der Waals surface area contributed by atoms with E-state index >= 15 is 0 Å². The van der Waals surface area contributed by atoms with Crippen molar-refractivity contribution in [2.45, 2.75) is 83.1 Å². The SMILES string of the molecule is Cc1cccc(C)c1N(c1cc2c3c(c1)N(c1ccccc1)c1cc4c(cc1B3c1ccccc1O2)B1c2cc3c(cc2N(c2ccccc2)c2cc(N(c5c(C)cccc5C)c5c(C)cccc5C)cc(c21)O4)N(c1ccccc1)c1cc(N(c2c(C)cccc2C)c2c(C)cccc2C)cc2c1B3c1ccccc1O2)c1c(C)cccc1C. The molecule has 6 aliphatic heterocycles. The van der Waals surface area contributed by atoms with E-state index in [9.17, 15) is 0 Å². The summed E-state index contributed by atoms with van der Waals surface area (Å²) in [5.41, 5.74) is 43.3. The second-order valence-electron chi connectivity index (χ2n) is 33.7. The third-order valence-electron chi connectivity index (χ3n) is 26.1. The van der Waals surface area contributed by atoms with E-state index in [0.717, 1.165) is 181 Å². The van der Waals surface area contributed by atoms with Gasteiger partial charge >= 0.3 is 0 Å². The predicted octanol–water partition coefficient (Wildman–Crippen LogP) is 23.0. The molecule has 22 rings (SSSR count). The lowest BCUT2D eigenvalue weighted by molar-refractivity contribution is 0.487. The zero-order valence-corrected chi connectivity index (χ0v) is 69.6. The molecular formula is C108H87B3N6O3. The van der Waals surface area contributed by atoms with E-state index < -0.39 is 6.71 Å². The predicted molar refractivity (Wildman–Crippen MR) is 505 cm³/mol. The molecule has 0 aliphatic carbocycles. The Morgan fingerprint density at radius 2 is 0.433 bits per heavy atom. The van der Waals surface area contributed by atoms with Crippen molar-refractivity contribution in [2.75, 3.05) is 29.4 Å². The topological polar surface area (TPSA) is 47.1 Å². The highest BCUT2D eigenvalue weighted by Crippen LogP contribution is 2.55. The van der Waals surface area contributed by atoms with Gasteiger partial charge in [0.15, 0.2) is 0 Å². The minimum Gasteiger partial charge on any atom is -0.458 e. The number of ether oxygens (including phenoxy) is 3. The van der Waals surface area contributed by atoms with E-state index in [2.05, 4.69) is 422 Å². The molecule has 12 heteroatoms. The number of aryl methyl sites for hydroxylation is 12. The first-order chi connectivity index (χ1) is 58.5. The Balaban J connectivity index is 0.850. The van der Waals surface area contributed by atoms with Gasteiger partial charge in [-0.15, -0.1) is 0 Å². The van der Waals surface area contributed by atoms with Gasteiger partial charge in [-0.1, -0.05) is 212 Å². The lowest BCUT2D eigenvalue weighted by Crippen LogP contribution is -2.65. The van der Waals surface area contributed by atoms with Crippen LogP contribution in [0.1, 0.15) is 66.8 Å². The van der Waals surface area contributed by atoms with Crippen LogP contribution < -0.4 is 92.8 Å². The fourth-order valence-corrected chi connectivity index (χ4v) is 21.1. The van der Waals surface area contributed by atoms with Crippen molar-refractivity contribution in [3.05, 3.63) is 376 Å². The van der Waals surface area contributed by atoms with Gasteiger partial charge in [0.1, 0.15) is 34.5 Å². The van der Waals surface area contributed by atoms with Gasteiger partial charge in [-0.05, 0) is 272 Å². The summed E-state index contributed by atoms with van der Waals surface area (Å²) in [6.45, 7) is 26.0. The summed E-state index contributed by atoms with van der Waals surface area (Å²) in [5.74, 6) is 4.87. The molecule has 576 valence electrons. The van der Waals surface area contributed by atoms with Crippen molar-refractivity contribution >= 4 is 172 Å². The summed E-state index contributed by atoms with van der Waals surface area (Å²) in [4.78, 5) is 15.1. The highest BCUT2D eigenvalue weighted by Gasteiger charge is 2.51. The number of rotatable bonds is 12. The molecule has 120 heavy (non-hydrogen) atoms. The molecule has 9 nitrogen and oxygen atoms in total. The number of anilines is 18. The third-order valence-corrected chi connectivity index (χ3v) is 26.1. The van der Waals surface area contributed by atoms with Crippen molar-refractivity contribution < 1.29 is 14.2 Å². The molecule has 0 saturated carbocycles. The van der Waals surface area contributed by atoms with Crippen LogP contribution in [0.3, 0.4) is 0 Å². The Morgan fingerprint density at radius 3 is 0.725 bits per heavy atom. The molecule has 0 unspecified atom stereocenters. The lowest BCUT2D eigenvalue weighted by atomic mass is 9.29. The van der Waals surface area contributed by atoms with Crippen LogP contribution >= 0.6 is 0 Å². The number of para-hydroxylation sites is 11. The average molecular weight is 1550 g/mol. The van der Waals surface area contributed by atoms with Crippen LogP contribution in [0.2, 0.25) is 0 Å². The summed E-state index contributed by atoms with van der Waals surface area (Å²) in [7, 11) is 0. The van der Waals surface area contributed by atoms with Crippen LogP contribution in [0.25, 0.3) is 0 Å². The highest BCUT2D eigenvalue weighted by atomic mass is 16.5. The summed E-state index contributed by atoms with van der Waals surface area (Å²) >= 11 is 0. The van der Waals surface area contributed by atoms with Gasteiger partial charge in [0.05, 0.1) is 51.2 Å². The first-order valence-electron chi connectivity index (χ1n) is 42.0. The molecule has 0 atom stereocenters. The maximum Gasteiger partial charge on any atom is 0.256 e. The van der Waals surface area contributed by atoms with E-state index in [1.165, 1.54) is 72.2 Å². The fraction of sp³-hybridized carbons (Fsp3) is 0.111. The second kappa shape index (κ2) is 27.8. The largest absolute Gasteiger partial charge is 0.458 e. The third kappa shape index (κ3) is 11.0. The Hall–Kier alpha value is -14.1. The summed E-state index contributed by atoms with van der Waals surface area (Å²) in [5, 5.41) is 0. The molecule has 6 aliphatic rings. The second-order valence-corrected chi connectivity index (χ2v) is 33.7. The minimum absolute atomic E-state index is 0.277. The van der Waals surface area contributed by atoms with Crippen molar-refractivity contribution in [2.24, 2.45) is 0 Å². The van der Waals surface area contributed by atoms with Gasteiger partial charge < -0.3 is 43.6 Å². The molecule has 0 fully saturated rings. The minimum atomic E-state index is -0.397. The monoisotopic (exact) mass is 1550 g/mol. The normalized spacial score (nSPS) is 13.1. The van der Waals surface area contributed by atoms with Gasteiger partial charge in [0, 0.05) is 75.5 Å². The summed E-state index contributed by atoms with van der Waals surface area (Å²) < 4.78 is 23.2. The van der Waals surface area contributed by atoms with Crippen LogP contribution in [0.5, 0.6) is 34.5 Å². The van der Waals surface area contributed by atoms with Crippen LogP contribution in [0.4, 0.5) is 102 Å². The number of fused-ring (bicyclic) bond motifs is 12. The molecule has 0 bridgehead atoms. The average Bonchev–Trinajstić information content (AvgIpc) is 0.682. The van der Waals surface area contributed by atoms with Gasteiger partial charge in [0.25, 0.3) is 20.1 Å². The quantitative estimate of drug-likeness (QED) is 0.111. The molecule has 0 aromatic heterocycles. The Morgan fingerprint density at radius 1 is 0.192 bits per heavy atom. The van der Waals surface area contributed by atoms with E-state index in [1.807, 2.05) is 0 Å². The maximum absolute atomic E-state index is 8.18. The summed E-state index contributed by atoms with van der Waals surface area (Å²) in [6.07, 6.45) is 0. The first-order valence-corrected chi connectivity index (χ1v) is 42.0. The molecule has 0 saturated heterocycles. The zero-order chi connectivity index (χ0) is 81.4. The Kier molecular flexibility index (Phi) is 16.8. The summed E-state index contributed by atoms with van der Waals surface area (Å²) in [6, 6.07) is 115. The molecule has 0 radical (unpaired) electrons. The molecular weight excluding hydrogens is 1460 g/mol. The standard InChI is InChI=1S/C108H87B3N6O3/c1-64-32-26-33-65(2)103(64)115(104-66(3)34-27-35-67(104)4)79-54-91-100-97(57-79)118-94-52-24-22-50-82(94)109(100)84-60-85-89(62-88(84)112(91)76-44-16-13-17-45-76)113(77-46-18-14-19-47-77)93-56-81(117(107-72(9)40-30-41-73(107)10)108-74(11)42-31-43-75(108)12)59-99-102(93)111(85)87-61-86-90(63-96(87)120-99)114(78-48-20-15-21-49-78)92-55-80(58-98-101(92)110(86)83-51-23-25-53-95(83)119-98)116(105-68(5)36-28-37-69(105)6)106-70(7)38-29-39-71(106)8/h13-63H,1-12H3. The maximum atomic E-state index is 8.18. The molecule has 0 N–H and O–H groups in total. The lowest BCUT2D eigenvalue weighted by Gasteiger charge is -2.45. The molecule has 16 aromatic carbocycles. The van der Waals surface area contributed by atoms with Gasteiger partial charge in [-0.2, -0.15) is 0 Å². The fourth-order valence-electron chi connectivity index (χ4n) is 21.1. The molecule has 0 amide bonds. The number of benzene rings is 16. The Bertz CT molecular complexity index is 6730. The van der Waals surface area contributed by atoms with Crippen molar-refractivity contribution in [1.82, 2.24) is 0 Å². The van der Waals surface area contributed by atoms with Gasteiger partial charge in [0.2, 0.25) is 0 Å². The van der Waals surface area contributed by atoms with Gasteiger partial charge in [-0.3, -0.25) is 0 Å². The van der Waals surface area contributed by atoms with E-state index in [-0.39, 0.29) is 13.4 Å². The van der Waals surface area contributed by atoms with Crippen LogP contribution in [-0.4, -0.2) is 20.1 Å².